The molecule has 45 nitrogen and oxygen atoms in total. The van der Waals surface area contributed by atoms with Crippen LogP contribution in [0.5, 0.6) is 0 Å². The van der Waals surface area contributed by atoms with E-state index in [4.69, 9.17) is 99.5 Å². The zero-order chi connectivity index (χ0) is 94.3. The van der Waals surface area contributed by atoms with E-state index >= 15 is 0 Å². The normalized spacial score (nSPS) is 47.5. The molecule has 0 aromatic heterocycles. The molecule has 0 aromatic rings. The average molecular weight is 1870 g/mol. The van der Waals surface area contributed by atoms with Crippen LogP contribution in [0.3, 0.4) is 0 Å². The molecule has 0 radical (unpaired) electrons. The van der Waals surface area contributed by atoms with Gasteiger partial charge in [0.2, 0.25) is 0 Å². The quantitative estimate of drug-likeness (QED) is 0.0331. The molecule has 25 fully saturated rings. The second kappa shape index (κ2) is 47.5. The van der Waals surface area contributed by atoms with Gasteiger partial charge >= 0.3 is 0 Å². The number of rotatable bonds is 29. The molecule has 45 heteroatoms. The van der Waals surface area contributed by atoms with Gasteiger partial charge in [-0.15, -0.1) is 0 Å². The van der Waals surface area contributed by atoms with E-state index < -0.39 is 304 Å². The Morgan fingerprint density at radius 1 is 0.318 bits per heavy atom. The van der Waals surface area contributed by atoms with Crippen molar-refractivity contribution in [3.05, 3.63) is 0 Å². The molecule has 7 unspecified atom stereocenters. The Balaban J connectivity index is 0.000000570. The Hall–Kier alpha value is -2.38. The van der Waals surface area contributed by atoms with Crippen LogP contribution in [-0.2, 0) is 109 Å². The van der Waals surface area contributed by atoms with Crippen molar-refractivity contribution >= 4 is 11.6 Å². The summed E-state index contributed by atoms with van der Waals surface area (Å²) in [5, 5.41) is 250. The molecular formula is C84H144O45. The molecule has 14 bridgehead atoms. The van der Waals surface area contributed by atoms with Crippen LogP contribution in [0.1, 0.15) is 121 Å². The molecule has 21 saturated heterocycles. The van der Waals surface area contributed by atoms with Crippen molar-refractivity contribution in [1.29, 1.82) is 0 Å². The van der Waals surface area contributed by atoms with E-state index in [2.05, 4.69) is 13.8 Å². The third-order valence-corrected chi connectivity index (χ3v) is 26.8. The van der Waals surface area contributed by atoms with Gasteiger partial charge in [0.05, 0.1) is 141 Å². The first-order valence-electron chi connectivity index (χ1n) is 45.1. The van der Waals surface area contributed by atoms with Gasteiger partial charge in [-0.3, -0.25) is 9.59 Å². The highest BCUT2D eigenvalue weighted by atomic mass is 16.8. The highest BCUT2D eigenvalue weighted by Gasteiger charge is 2.66. The van der Waals surface area contributed by atoms with E-state index in [-0.39, 0.29) is 80.8 Å². The molecule has 21 aliphatic heterocycles. The number of hydrogen-bond acceptors (Lipinski definition) is 45. The van der Waals surface area contributed by atoms with E-state index in [1.54, 1.807) is 6.92 Å². The summed E-state index contributed by atoms with van der Waals surface area (Å²) < 4.78 is 126. The van der Waals surface area contributed by atoms with Crippen LogP contribution in [0.2, 0.25) is 0 Å². The topological polar surface area (TPSA) is 673 Å². The minimum atomic E-state index is -2.24. The summed E-state index contributed by atoms with van der Waals surface area (Å²) in [6.45, 7) is 8.79. The van der Waals surface area contributed by atoms with Gasteiger partial charge < -0.3 is 212 Å². The van der Waals surface area contributed by atoms with E-state index in [9.17, 15) is 122 Å². The summed E-state index contributed by atoms with van der Waals surface area (Å²) >= 11 is 0. The molecule has 750 valence electrons. The minimum absolute atomic E-state index is 0.0782. The number of ether oxygens (including phenoxy) is 21. The molecule has 25 aliphatic rings. The van der Waals surface area contributed by atoms with E-state index in [1.807, 2.05) is 0 Å². The van der Waals surface area contributed by atoms with Gasteiger partial charge in [0.25, 0.3) is 0 Å². The third-order valence-electron chi connectivity index (χ3n) is 26.8. The van der Waals surface area contributed by atoms with Gasteiger partial charge in [0.15, 0.2) is 44.0 Å². The number of Topliss-reactive ketones (excluding diaryl/α,β-unsaturated/α-hetero) is 2. The second-order valence-corrected chi connectivity index (χ2v) is 37.9. The van der Waals surface area contributed by atoms with Gasteiger partial charge in [0, 0.05) is 18.3 Å². The van der Waals surface area contributed by atoms with Crippen molar-refractivity contribution in [2.24, 2.45) is 40.4 Å². The van der Waals surface area contributed by atoms with Crippen molar-refractivity contribution in [1.82, 2.24) is 0 Å². The summed E-state index contributed by atoms with van der Waals surface area (Å²) in [5.41, 5.74) is -0.0175. The highest BCUT2D eigenvalue weighted by molar-refractivity contribution is 5.87. The van der Waals surface area contributed by atoms with Crippen LogP contribution in [0.15, 0.2) is 0 Å². The standard InChI is InChI=1S/C63H112O42.C21H32O3/c1-22(64)8-85-15-29-50-36(71)43(78)57(92-29)100-51-30(16-86-9-23(2)65)94-59(45(80)38(51)73)102-53-32(18-88-11-25(4)67)96-61(47(82)40(53)75)104-55-34(20-90-13-27(6)69)98-63(49(84)42(55)77)105-56-35(21-91-14-28(7)70)97-62(48(83)41(56)76)103-54-33(19-89-12-26(5)68)95-60(46(81)39(54)74)101-52-31(17-87-10-24(3)66)93-58(99-50)44(79)37(52)72;1-12(22)16-6-7-17-15-5-4-13-10-14(23)8-9-20(13,2)19(15)18(24)11-21(16,17)3/h22-84H,8-21H2,1-7H3;13-17,19,23H,4-11H2,1-3H3/t22?,23?,24?,25?,26?,27?,28?,29-,30-,31-,32-,33-,34-,35-,36-,37-,38-,39-,40-,41-,42-,43-,44-,45-,46-,47-,48-,49-,50-,51-,52-,53-,54-,55-,56-,57-,58-,59-,60-,61-,62-,63-;13-,14+,15-,16+,17-,19+,20-,21+/m10/s1. The first-order valence-corrected chi connectivity index (χ1v) is 45.1. The maximum atomic E-state index is 13.3. The highest BCUT2D eigenvalue weighted by Crippen LogP contribution is 2.67. The fourth-order valence-corrected chi connectivity index (χ4v) is 20.5. The van der Waals surface area contributed by atoms with Crippen molar-refractivity contribution < 1.29 is 221 Å². The number of carbonyl (C=O) groups excluding carboxylic acids is 2. The van der Waals surface area contributed by atoms with Crippen molar-refractivity contribution in [2.75, 3.05) is 92.5 Å². The fraction of sp³-hybridized carbons (Fsp3) is 0.976. The van der Waals surface area contributed by atoms with Gasteiger partial charge in [-0.25, -0.2) is 0 Å². The molecule has 4 saturated carbocycles. The molecule has 129 heavy (non-hydrogen) atoms. The predicted octanol–water partition coefficient (Wildman–Crippen LogP) is -8.62. The first kappa shape index (κ1) is 107. The molecule has 50 atom stereocenters. The van der Waals surface area contributed by atoms with Crippen molar-refractivity contribution in [3.8, 4) is 0 Å². The number of fused-ring (bicyclic) bond motifs is 5. The summed E-state index contributed by atoms with van der Waals surface area (Å²) in [6, 6.07) is 0. The SMILES string of the molecule is CC(=O)[C@H]1CC[C@H]2[C@@H]3CC[C@H]4C[C@H](O)CC[C@]4(C)[C@H]3C(=O)C[C@]12C.CC(O)COC[C@H]1O[C@@H]2O[C@H]3[C@H](O)[C@@H](O)[C@@H](O[C@H]4[C@H](O)[C@@H](O)[C@@H](O[C@H]5[C@H](O)[C@@H](O)[C@@H](O[C@H]6[C@H](O)[C@@H](O)[C@@H](O[C@H]7[C@H](O)[C@@H](O)[C@@H](O[C@H]8[C@H](O)[C@@H](O)[C@@H](O[C@H]1[C@H](O)[C@H]2O)O[C@@H]8COCC(C)O)O[C@@H]7COCC(C)O)O[C@@H]6COCC(C)O)O[C@@H]5COCC(C)O)O[C@@H]4COCC(C)O)O[C@@H]3COCC(C)O. The van der Waals surface area contributed by atoms with Crippen LogP contribution in [0, 0.1) is 40.4 Å². The minimum Gasteiger partial charge on any atom is -0.393 e. The third kappa shape index (κ3) is 25.8. The van der Waals surface area contributed by atoms with Gasteiger partial charge in [-0.2, -0.15) is 0 Å². The Morgan fingerprint density at radius 3 is 0.752 bits per heavy atom. The number of aliphatic hydroxyl groups is 22. The van der Waals surface area contributed by atoms with E-state index in [0.717, 1.165) is 44.9 Å². The summed E-state index contributed by atoms with van der Waals surface area (Å²) in [5.74, 6) is 2.48. The molecule has 22 N–H and O–H groups in total. The Kier molecular flexibility index (Phi) is 39.4. The van der Waals surface area contributed by atoms with Gasteiger partial charge in [-0.05, 0) is 129 Å². The number of ketones is 2. The van der Waals surface area contributed by atoms with Crippen LogP contribution in [0.4, 0.5) is 0 Å². The molecule has 25 rings (SSSR count). The van der Waals surface area contributed by atoms with Crippen molar-refractivity contribution in [3.63, 3.8) is 0 Å². The van der Waals surface area contributed by atoms with Gasteiger partial charge in [-0.1, -0.05) is 13.8 Å². The van der Waals surface area contributed by atoms with Crippen LogP contribution >= 0.6 is 0 Å². The first-order chi connectivity index (χ1) is 60.9. The number of aliphatic hydroxyl groups excluding tert-OH is 22. The van der Waals surface area contributed by atoms with Crippen molar-refractivity contribution in [2.45, 2.75) is 384 Å². The summed E-state index contributed by atoms with van der Waals surface area (Å²) in [6.07, 6.45) is -70.4. The maximum absolute atomic E-state index is 13.3. The van der Waals surface area contributed by atoms with Crippen LogP contribution < -0.4 is 0 Å². The molecule has 0 spiro atoms. The van der Waals surface area contributed by atoms with E-state index in [1.165, 1.54) is 48.5 Å². The lowest BCUT2D eigenvalue weighted by Crippen LogP contribution is -2.68. The lowest BCUT2D eigenvalue weighted by atomic mass is 9.44. The predicted molar refractivity (Wildman–Crippen MR) is 429 cm³/mol. The number of carbonyl (C=O) groups is 2. The Bertz CT molecular complexity index is 2900. The lowest BCUT2D eigenvalue weighted by molar-refractivity contribution is -0.398. The monoisotopic (exact) mass is 1870 g/mol. The van der Waals surface area contributed by atoms with Crippen LogP contribution in [0.25, 0.3) is 0 Å². The maximum Gasteiger partial charge on any atom is 0.187 e. The summed E-state index contributed by atoms with van der Waals surface area (Å²) in [7, 11) is 0. The number of hydrogen-bond donors (Lipinski definition) is 22. The zero-order valence-electron chi connectivity index (χ0n) is 74.5. The molecule has 21 heterocycles. The van der Waals surface area contributed by atoms with E-state index in [0.29, 0.717) is 30.0 Å². The van der Waals surface area contributed by atoms with Gasteiger partial charge in [0.1, 0.15) is 182 Å². The second-order valence-electron chi connectivity index (χ2n) is 37.9. The average Bonchev–Trinajstić information content (AvgIpc) is 1.62. The van der Waals surface area contributed by atoms with Crippen LogP contribution in [-0.4, -0.2) is 480 Å². The summed E-state index contributed by atoms with van der Waals surface area (Å²) in [4.78, 5) is 25.5. The molecule has 0 aromatic carbocycles. The molecule has 0 amide bonds. The lowest BCUT2D eigenvalue weighted by Gasteiger charge is -2.59. The fourth-order valence-electron chi connectivity index (χ4n) is 20.5. The zero-order valence-corrected chi connectivity index (χ0v) is 74.5. The Morgan fingerprint density at radius 2 is 0.543 bits per heavy atom. The Labute approximate surface area is 747 Å². The molecule has 4 aliphatic carbocycles. The smallest absolute Gasteiger partial charge is 0.187 e. The molecular weight excluding hydrogens is 1730 g/mol. The largest absolute Gasteiger partial charge is 0.393 e.